The van der Waals surface area contributed by atoms with Crippen molar-refractivity contribution >= 4 is 0 Å². The summed E-state index contributed by atoms with van der Waals surface area (Å²) < 4.78 is 13.5. The Balaban J connectivity index is 2.86. The summed E-state index contributed by atoms with van der Waals surface area (Å²) in [5, 5.41) is 0. The van der Waals surface area contributed by atoms with E-state index in [1.165, 1.54) is 6.55 Å². The normalized spacial score (nSPS) is 30.6. The van der Waals surface area contributed by atoms with Gasteiger partial charge in [0.2, 0.25) is 0 Å². The lowest BCUT2D eigenvalue weighted by Crippen LogP contribution is -2.30. The van der Waals surface area contributed by atoms with E-state index in [1.54, 1.807) is 7.11 Å². The first kappa shape index (κ1) is 12.6. The summed E-state index contributed by atoms with van der Waals surface area (Å²) in [5.74, 6) is 0. The van der Waals surface area contributed by atoms with Crippen molar-refractivity contribution in [2.75, 3.05) is 7.11 Å². The van der Waals surface area contributed by atoms with E-state index in [2.05, 4.69) is 27.0 Å². The lowest BCUT2D eigenvalue weighted by atomic mass is 9.85. The molecule has 0 aromatic carbocycles. The third-order valence-corrected chi connectivity index (χ3v) is 3.99. The van der Waals surface area contributed by atoms with Crippen LogP contribution >= 0.6 is 0 Å². The summed E-state index contributed by atoms with van der Waals surface area (Å²) in [5.41, 5.74) is 1.77. The van der Waals surface area contributed by atoms with Crippen molar-refractivity contribution in [2.45, 2.75) is 51.6 Å². The first-order valence-corrected chi connectivity index (χ1v) is 6.38. The molecule has 0 aromatic heterocycles. The van der Waals surface area contributed by atoms with E-state index in [1.807, 2.05) is 6.08 Å². The fourth-order valence-electron chi connectivity index (χ4n) is 2.76. The van der Waals surface area contributed by atoms with Crippen molar-refractivity contribution in [2.24, 2.45) is 5.41 Å². The smallest absolute Gasteiger partial charge is 0.0932 e. The summed E-state index contributed by atoms with van der Waals surface area (Å²) in [6.45, 7) is 13.7. The fraction of sp³-hybridized carbons (Fsp3) is 0.625. The number of hydrogen-bond donors (Lipinski definition) is 0. The van der Waals surface area contributed by atoms with Crippen LogP contribution in [0.3, 0.4) is 0 Å². The fourth-order valence-corrected chi connectivity index (χ4v) is 2.76. The van der Waals surface area contributed by atoms with Crippen LogP contribution < -0.4 is 0 Å². The first-order valence-electron chi connectivity index (χ1n) is 6.96. The second-order valence-electron chi connectivity index (χ2n) is 5.69. The maximum atomic E-state index is 7.66. The summed E-state index contributed by atoms with van der Waals surface area (Å²) >= 11 is 0. The minimum Gasteiger partial charge on any atom is -0.374 e. The van der Waals surface area contributed by atoms with E-state index in [-0.39, 0.29) is 11.0 Å². The molecule has 1 atom stereocenters. The third kappa shape index (κ3) is 2.71. The van der Waals surface area contributed by atoms with Crippen LogP contribution in [0, 0.1) is 5.41 Å². The van der Waals surface area contributed by atoms with E-state index in [0.717, 1.165) is 43.3 Å². The van der Waals surface area contributed by atoms with Crippen LogP contribution in [0.15, 0.2) is 36.9 Å². The van der Waals surface area contributed by atoms with Gasteiger partial charge in [-0.2, -0.15) is 0 Å². The van der Waals surface area contributed by atoms with Crippen LogP contribution in [0.1, 0.15) is 47.3 Å². The van der Waals surface area contributed by atoms with Crippen LogP contribution in [0.5, 0.6) is 0 Å². The third-order valence-electron chi connectivity index (χ3n) is 3.99. The molecule has 0 aromatic rings. The highest BCUT2D eigenvalue weighted by Gasteiger charge is 2.48. The maximum absolute atomic E-state index is 7.66. The zero-order valence-electron chi connectivity index (χ0n) is 12.5. The topological polar surface area (TPSA) is 9.23 Å². The molecule has 0 bridgehead atoms. The molecule has 1 rings (SSSR count). The molecule has 1 saturated carbocycles. The highest BCUT2D eigenvalue weighted by atomic mass is 16.5. The molecule has 0 aliphatic heterocycles. The molecule has 0 saturated heterocycles. The lowest BCUT2D eigenvalue weighted by Gasteiger charge is -2.30. The standard InChI is InChI=1S/C16H26O/c1-7-8-9-10-11-16(17-6)12-15(4,5)13(2)14(16)3/h7H,1-3,8-12H2,4-6H3/i3D. The molecule has 0 amide bonds. The van der Waals surface area contributed by atoms with Crippen LogP contribution in [0.25, 0.3) is 0 Å². The van der Waals surface area contributed by atoms with Crippen LogP contribution in [0.2, 0.25) is 0 Å². The minimum absolute atomic E-state index is 0.0291. The molecule has 0 N–H and O–H groups in total. The van der Waals surface area contributed by atoms with Gasteiger partial charge in [0.15, 0.2) is 0 Å². The van der Waals surface area contributed by atoms with Gasteiger partial charge in [-0.3, -0.25) is 0 Å². The highest BCUT2D eigenvalue weighted by Crippen LogP contribution is 2.53. The molecule has 1 unspecified atom stereocenters. The van der Waals surface area contributed by atoms with E-state index < -0.39 is 0 Å². The molecular weight excluding hydrogens is 208 g/mol. The van der Waals surface area contributed by atoms with Gasteiger partial charge in [-0.1, -0.05) is 33.1 Å². The highest BCUT2D eigenvalue weighted by molar-refractivity contribution is 5.44. The Kier molecular flexibility index (Phi) is 3.88. The zero-order valence-corrected chi connectivity index (χ0v) is 11.5. The molecule has 1 aliphatic rings. The number of rotatable bonds is 6. The Morgan fingerprint density at radius 3 is 2.65 bits per heavy atom. The Hall–Kier alpha value is -0.820. The number of unbranched alkanes of at least 4 members (excludes halogenated alkanes) is 2. The molecule has 96 valence electrons. The number of hydrogen-bond acceptors (Lipinski definition) is 1. The average molecular weight is 235 g/mol. The van der Waals surface area contributed by atoms with Crippen molar-refractivity contribution in [1.29, 1.82) is 0 Å². The molecular formula is C16H26O. The minimum atomic E-state index is -0.302. The average Bonchev–Trinajstić information content (AvgIpc) is 2.53. The number of ether oxygens (including phenoxy) is 1. The maximum Gasteiger partial charge on any atom is 0.0932 e. The predicted molar refractivity (Wildman–Crippen MR) is 75.1 cm³/mol. The number of allylic oxidation sites excluding steroid dienone is 1. The van der Waals surface area contributed by atoms with Crippen molar-refractivity contribution < 1.29 is 6.11 Å². The van der Waals surface area contributed by atoms with Gasteiger partial charge in [0.1, 0.15) is 0 Å². The van der Waals surface area contributed by atoms with Gasteiger partial charge in [-0.05, 0) is 48.7 Å². The Morgan fingerprint density at radius 1 is 1.41 bits per heavy atom. The molecule has 0 radical (unpaired) electrons. The molecule has 1 aliphatic carbocycles. The van der Waals surface area contributed by atoms with Crippen molar-refractivity contribution in [1.82, 2.24) is 0 Å². The molecule has 0 heterocycles. The largest absolute Gasteiger partial charge is 0.374 e. The lowest BCUT2D eigenvalue weighted by molar-refractivity contribution is 0.00641. The van der Waals surface area contributed by atoms with Crippen molar-refractivity contribution in [3.05, 3.63) is 36.9 Å². The Labute approximate surface area is 108 Å². The summed E-state index contributed by atoms with van der Waals surface area (Å²) in [7, 11) is 1.76. The van der Waals surface area contributed by atoms with Crippen LogP contribution in [-0.2, 0) is 4.74 Å². The Bertz CT molecular complexity index is 354. The van der Waals surface area contributed by atoms with Gasteiger partial charge in [-0.15, -0.1) is 6.58 Å². The number of methoxy groups -OCH3 is 1. The summed E-state index contributed by atoms with van der Waals surface area (Å²) in [6.07, 6.45) is 7.12. The van der Waals surface area contributed by atoms with E-state index >= 15 is 0 Å². The van der Waals surface area contributed by atoms with Crippen molar-refractivity contribution in [3.8, 4) is 0 Å². The van der Waals surface area contributed by atoms with Crippen molar-refractivity contribution in [3.63, 3.8) is 0 Å². The van der Waals surface area contributed by atoms with Gasteiger partial charge in [-0.25, -0.2) is 0 Å². The predicted octanol–water partition coefficient (Wildman–Crippen LogP) is 4.66. The van der Waals surface area contributed by atoms with Gasteiger partial charge < -0.3 is 4.74 Å². The van der Waals surface area contributed by atoms with Gasteiger partial charge in [0, 0.05) is 7.11 Å². The van der Waals surface area contributed by atoms with Gasteiger partial charge in [0.25, 0.3) is 0 Å². The molecule has 1 fully saturated rings. The summed E-state index contributed by atoms with van der Waals surface area (Å²) in [4.78, 5) is 0. The summed E-state index contributed by atoms with van der Waals surface area (Å²) in [6, 6.07) is 0. The molecule has 0 spiro atoms. The first-order chi connectivity index (χ1) is 8.43. The second kappa shape index (κ2) is 5.22. The SMILES string of the molecule is [2H]C=C1C(=C)C(C)(C)CC1(CCCCC=C)OC. The Morgan fingerprint density at radius 2 is 2.12 bits per heavy atom. The van der Waals surface area contributed by atoms with E-state index in [4.69, 9.17) is 6.11 Å². The monoisotopic (exact) mass is 235 g/mol. The van der Waals surface area contributed by atoms with Gasteiger partial charge >= 0.3 is 0 Å². The van der Waals surface area contributed by atoms with E-state index in [0.29, 0.717) is 0 Å². The van der Waals surface area contributed by atoms with Gasteiger partial charge in [0.05, 0.1) is 6.97 Å². The molecule has 17 heavy (non-hydrogen) atoms. The second-order valence-corrected chi connectivity index (χ2v) is 5.69. The van der Waals surface area contributed by atoms with Crippen LogP contribution in [0.4, 0.5) is 0 Å². The van der Waals surface area contributed by atoms with E-state index in [9.17, 15) is 0 Å². The quantitative estimate of drug-likeness (QED) is 0.480. The molecule has 1 nitrogen and oxygen atoms in total. The molecule has 1 heteroatoms. The zero-order chi connectivity index (χ0) is 13.8. The van der Waals surface area contributed by atoms with Crippen LogP contribution in [-0.4, -0.2) is 12.7 Å².